The highest BCUT2D eigenvalue weighted by molar-refractivity contribution is 6.10. The second-order valence-corrected chi connectivity index (χ2v) is 5.75. The Morgan fingerprint density at radius 2 is 0.962 bits per heavy atom. The summed E-state index contributed by atoms with van der Waals surface area (Å²) >= 11 is 0. The second-order valence-electron chi connectivity index (χ2n) is 5.75. The first kappa shape index (κ1) is 15.8. The van der Waals surface area contributed by atoms with Crippen molar-refractivity contribution >= 4 is 34.5 Å². The lowest BCUT2D eigenvalue weighted by Crippen LogP contribution is -1.97. The Hall–Kier alpha value is -3.66. The minimum atomic E-state index is 0.402. The Morgan fingerprint density at radius 3 is 1.38 bits per heavy atom. The Bertz CT molecular complexity index is 1040. The van der Waals surface area contributed by atoms with Crippen LogP contribution in [0.2, 0.25) is 0 Å². The van der Waals surface area contributed by atoms with Gasteiger partial charge < -0.3 is 9.47 Å². The number of ether oxygens (including phenoxy) is 2. The van der Waals surface area contributed by atoms with Gasteiger partial charge in [-0.3, -0.25) is 9.59 Å². The van der Waals surface area contributed by atoms with E-state index in [4.69, 9.17) is 9.47 Å². The zero-order chi connectivity index (χ0) is 17.9. The van der Waals surface area contributed by atoms with Gasteiger partial charge in [-0.1, -0.05) is 60.7 Å². The Labute approximate surface area is 149 Å². The predicted molar refractivity (Wildman–Crippen MR) is 100 cm³/mol. The Balaban J connectivity index is 2.18. The molecule has 0 saturated carbocycles. The molecule has 0 radical (unpaired) electrons. The zero-order valence-corrected chi connectivity index (χ0v) is 13.7. The topological polar surface area (TPSA) is 52.6 Å². The maximum absolute atomic E-state index is 11.1. The number of benzene rings is 4. The summed E-state index contributed by atoms with van der Waals surface area (Å²) < 4.78 is 10.5. The zero-order valence-electron chi connectivity index (χ0n) is 13.7. The van der Waals surface area contributed by atoms with Gasteiger partial charge in [0.05, 0.1) is 0 Å². The summed E-state index contributed by atoms with van der Waals surface area (Å²) in [6.07, 6.45) is 0. The van der Waals surface area contributed by atoms with Crippen molar-refractivity contribution in [3.05, 3.63) is 72.8 Å². The Kier molecular flexibility index (Phi) is 4.07. The van der Waals surface area contributed by atoms with E-state index < -0.39 is 0 Å². The van der Waals surface area contributed by atoms with E-state index in [2.05, 4.69) is 0 Å². The first-order chi connectivity index (χ1) is 12.8. The van der Waals surface area contributed by atoms with Gasteiger partial charge in [-0.25, -0.2) is 0 Å². The number of carbonyl (C=O) groups is 2. The van der Waals surface area contributed by atoms with Gasteiger partial charge in [0.2, 0.25) is 0 Å². The molecule has 126 valence electrons. The minimum absolute atomic E-state index is 0.402. The molecule has 0 fully saturated rings. The maximum atomic E-state index is 11.1. The fourth-order valence-electron chi connectivity index (χ4n) is 3.32. The van der Waals surface area contributed by atoms with Crippen LogP contribution < -0.4 is 9.47 Å². The minimum Gasteiger partial charge on any atom is -0.428 e. The van der Waals surface area contributed by atoms with Crippen LogP contribution in [0.4, 0.5) is 0 Å². The van der Waals surface area contributed by atoms with Crippen molar-refractivity contribution in [1.29, 1.82) is 0 Å². The molecule has 0 aromatic heterocycles. The first-order valence-corrected chi connectivity index (χ1v) is 8.08. The summed E-state index contributed by atoms with van der Waals surface area (Å²) in [5.74, 6) is 0.816. The second kappa shape index (κ2) is 6.69. The van der Waals surface area contributed by atoms with Gasteiger partial charge >= 0.3 is 0 Å². The fraction of sp³-hybridized carbons (Fsp3) is 0. The lowest BCUT2D eigenvalue weighted by Gasteiger charge is -2.16. The summed E-state index contributed by atoms with van der Waals surface area (Å²) in [6, 6.07) is 22.9. The molecule has 4 heteroatoms. The van der Waals surface area contributed by atoms with E-state index in [-0.39, 0.29) is 0 Å². The van der Waals surface area contributed by atoms with Crippen LogP contribution in [-0.2, 0) is 9.59 Å². The van der Waals surface area contributed by atoms with E-state index in [1.165, 1.54) is 0 Å². The number of carbonyl (C=O) groups excluding carboxylic acids is 2. The van der Waals surface area contributed by atoms with Crippen LogP contribution in [0.25, 0.3) is 32.7 Å². The van der Waals surface area contributed by atoms with Crippen molar-refractivity contribution in [3.63, 3.8) is 0 Å². The van der Waals surface area contributed by atoms with Crippen LogP contribution in [0.15, 0.2) is 72.8 Å². The van der Waals surface area contributed by atoms with Gasteiger partial charge in [-0.2, -0.15) is 0 Å². The molecule has 0 aliphatic carbocycles. The van der Waals surface area contributed by atoms with Crippen molar-refractivity contribution in [2.75, 3.05) is 0 Å². The molecule has 0 bridgehead atoms. The molecule has 4 nitrogen and oxygen atoms in total. The highest BCUT2D eigenvalue weighted by Gasteiger charge is 2.18. The lowest BCUT2D eigenvalue weighted by molar-refractivity contribution is -0.121. The average Bonchev–Trinajstić information content (AvgIpc) is 2.69. The van der Waals surface area contributed by atoms with E-state index >= 15 is 0 Å². The quantitative estimate of drug-likeness (QED) is 0.492. The number of rotatable bonds is 5. The van der Waals surface area contributed by atoms with Crippen molar-refractivity contribution < 1.29 is 19.1 Å². The molecule has 4 aromatic rings. The van der Waals surface area contributed by atoms with Crippen LogP contribution in [0.5, 0.6) is 11.5 Å². The van der Waals surface area contributed by atoms with Gasteiger partial charge in [0.15, 0.2) is 0 Å². The SMILES string of the molecule is O=COc1ccc2ccccc2c1-c1c(OC=O)ccc2ccccc12. The smallest absolute Gasteiger partial charge is 0.298 e. The van der Waals surface area contributed by atoms with Crippen molar-refractivity contribution in [2.24, 2.45) is 0 Å². The van der Waals surface area contributed by atoms with Crippen LogP contribution in [0.3, 0.4) is 0 Å². The van der Waals surface area contributed by atoms with Crippen LogP contribution in [-0.4, -0.2) is 12.9 Å². The largest absolute Gasteiger partial charge is 0.428 e. The summed E-state index contributed by atoms with van der Waals surface area (Å²) in [7, 11) is 0. The van der Waals surface area contributed by atoms with Crippen LogP contribution in [0.1, 0.15) is 0 Å². The maximum Gasteiger partial charge on any atom is 0.298 e. The van der Waals surface area contributed by atoms with E-state index in [1.54, 1.807) is 12.1 Å². The molecule has 4 rings (SSSR count). The molecular weight excluding hydrogens is 328 g/mol. The fourth-order valence-corrected chi connectivity index (χ4v) is 3.32. The molecule has 0 unspecified atom stereocenters. The molecule has 0 N–H and O–H groups in total. The predicted octanol–water partition coefficient (Wildman–Crippen LogP) is 4.73. The third-order valence-corrected chi connectivity index (χ3v) is 4.38. The van der Waals surface area contributed by atoms with Crippen LogP contribution in [0, 0.1) is 0 Å². The van der Waals surface area contributed by atoms with E-state index in [1.807, 2.05) is 60.7 Å². The summed E-state index contributed by atoms with van der Waals surface area (Å²) in [4.78, 5) is 22.1. The molecule has 0 amide bonds. The number of hydrogen-bond donors (Lipinski definition) is 0. The molecule has 0 aliphatic rings. The van der Waals surface area contributed by atoms with Crippen molar-refractivity contribution in [2.45, 2.75) is 0 Å². The molecule has 0 aliphatic heterocycles. The van der Waals surface area contributed by atoms with Crippen molar-refractivity contribution in [1.82, 2.24) is 0 Å². The van der Waals surface area contributed by atoms with Gasteiger partial charge in [0.25, 0.3) is 12.9 Å². The highest BCUT2D eigenvalue weighted by Crippen LogP contribution is 2.45. The summed E-state index contributed by atoms with van der Waals surface area (Å²) in [5.41, 5.74) is 1.42. The van der Waals surface area contributed by atoms with E-state index in [9.17, 15) is 9.59 Å². The Morgan fingerprint density at radius 1 is 0.538 bits per heavy atom. The van der Waals surface area contributed by atoms with Crippen molar-refractivity contribution in [3.8, 4) is 22.6 Å². The third kappa shape index (κ3) is 2.58. The molecule has 26 heavy (non-hydrogen) atoms. The van der Waals surface area contributed by atoms with Gasteiger partial charge in [-0.05, 0) is 33.7 Å². The van der Waals surface area contributed by atoms with Gasteiger partial charge in [-0.15, -0.1) is 0 Å². The molecular formula is C22H14O4. The lowest BCUT2D eigenvalue weighted by atomic mass is 9.92. The number of hydrogen-bond acceptors (Lipinski definition) is 4. The van der Waals surface area contributed by atoms with Gasteiger partial charge in [0.1, 0.15) is 11.5 Å². The van der Waals surface area contributed by atoms with E-state index in [0.29, 0.717) is 35.6 Å². The number of fused-ring (bicyclic) bond motifs is 2. The summed E-state index contributed by atoms with van der Waals surface area (Å²) in [6.45, 7) is 0.804. The molecule has 0 atom stereocenters. The molecule has 0 spiro atoms. The molecule has 0 saturated heterocycles. The standard InChI is InChI=1S/C22H14O4/c23-13-25-19-11-9-15-5-1-3-7-17(15)21(19)22-18-8-4-2-6-16(18)10-12-20(22)26-14-24/h1-14H. The third-order valence-electron chi connectivity index (χ3n) is 4.38. The van der Waals surface area contributed by atoms with Gasteiger partial charge in [0, 0.05) is 11.1 Å². The molecule has 4 aromatic carbocycles. The van der Waals surface area contributed by atoms with E-state index in [0.717, 1.165) is 21.5 Å². The average molecular weight is 342 g/mol. The highest BCUT2D eigenvalue weighted by atomic mass is 16.5. The summed E-state index contributed by atoms with van der Waals surface area (Å²) in [5, 5.41) is 3.79. The monoisotopic (exact) mass is 342 g/mol. The normalized spacial score (nSPS) is 10.6. The van der Waals surface area contributed by atoms with Crippen LogP contribution >= 0.6 is 0 Å². The first-order valence-electron chi connectivity index (χ1n) is 8.08. The molecule has 0 heterocycles.